The van der Waals surface area contributed by atoms with Gasteiger partial charge in [0.05, 0.1) is 11.4 Å². The predicted octanol–water partition coefficient (Wildman–Crippen LogP) is 3.15. The standard InChI is InChI=1S/C19H24FN3O2S.HI/c1-3-21-19(23-14-16-4-8-17(20)9-5-16)22-13-12-15-6-10-18(11-7-15)26(2,24)25;/h4-11H,3,12-14H2,1-2H3,(H2,21,22,23);1H. The fraction of sp³-hybridized carbons (Fsp3) is 0.316. The molecule has 2 N–H and O–H groups in total. The summed E-state index contributed by atoms with van der Waals surface area (Å²) in [4.78, 5) is 4.81. The van der Waals surface area contributed by atoms with E-state index < -0.39 is 9.84 Å². The minimum absolute atomic E-state index is 0. The van der Waals surface area contributed by atoms with E-state index in [0.29, 0.717) is 23.9 Å². The molecule has 2 rings (SSSR count). The number of hydrogen-bond acceptors (Lipinski definition) is 3. The van der Waals surface area contributed by atoms with Crippen molar-refractivity contribution in [3.63, 3.8) is 0 Å². The summed E-state index contributed by atoms with van der Waals surface area (Å²) in [5.74, 6) is 0.425. The summed E-state index contributed by atoms with van der Waals surface area (Å²) in [7, 11) is -3.17. The Morgan fingerprint density at radius 1 is 1.00 bits per heavy atom. The normalized spacial score (nSPS) is 11.6. The zero-order valence-corrected chi connectivity index (χ0v) is 18.6. The molecule has 2 aromatic rings. The molecular weight excluding hydrogens is 480 g/mol. The van der Waals surface area contributed by atoms with Gasteiger partial charge in [-0.05, 0) is 48.7 Å². The molecule has 8 heteroatoms. The highest BCUT2D eigenvalue weighted by molar-refractivity contribution is 14.0. The first-order valence-corrected chi connectivity index (χ1v) is 10.3. The minimum Gasteiger partial charge on any atom is -0.357 e. The van der Waals surface area contributed by atoms with Gasteiger partial charge in [-0.3, -0.25) is 0 Å². The van der Waals surface area contributed by atoms with Gasteiger partial charge in [0, 0.05) is 19.3 Å². The molecule has 0 bridgehead atoms. The highest BCUT2D eigenvalue weighted by Crippen LogP contribution is 2.10. The smallest absolute Gasteiger partial charge is 0.191 e. The zero-order valence-electron chi connectivity index (χ0n) is 15.4. The Morgan fingerprint density at radius 3 is 2.15 bits per heavy atom. The van der Waals surface area contributed by atoms with Gasteiger partial charge >= 0.3 is 0 Å². The number of aliphatic imine (C=N–C) groups is 1. The van der Waals surface area contributed by atoms with Crippen molar-refractivity contribution in [2.45, 2.75) is 24.8 Å². The lowest BCUT2D eigenvalue weighted by molar-refractivity contribution is 0.602. The summed E-state index contributed by atoms with van der Waals surface area (Å²) in [6, 6.07) is 13.2. The van der Waals surface area contributed by atoms with Crippen LogP contribution in [0.5, 0.6) is 0 Å². The fourth-order valence-corrected chi connectivity index (χ4v) is 2.96. The van der Waals surface area contributed by atoms with Gasteiger partial charge in [0.15, 0.2) is 15.8 Å². The number of guanidine groups is 1. The number of nitrogens with one attached hydrogen (secondary N) is 2. The molecule has 0 aliphatic carbocycles. The molecule has 0 spiro atoms. The molecule has 0 radical (unpaired) electrons. The maximum atomic E-state index is 12.9. The van der Waals surface area contributed by atoms with Crippen molar-refractivity contribution >= 4 is 39.8 Å². The largest absolute Gasteiger partial charge is 0.357 e. The van der Waals surface area contributed by atoms with Crippen LogP contribution in [0.3, 0.4) is 0 Å². The Hall–Kier alpha value is -1.68. The SMILES string of the molecule is CCNC(=NCc1ccc(F)cc1)NCCc1ccc(S(C)(=O)=O)cc1.I. The monoisotopic (exact) mass is 505 g/mol. The predicted molar refractivity (Wildman–Crippen MR) is 118 cm³/mol. The first-order valence-electron chi connectivity index (χ1n) is 8.44. The first-order chi connectivity index (χ1) is 12.4. The summed E-state index contributed by atoms with van der Waals surface area (Å²) in [5.41, 5.74) is 1.97. The van der Waals surface area contributed by atoms with Crippen LogP contribution in [0.2, 0.25) is 0 Å². The van der Waals surface area contributed by atoms with Gasteiger partial charge in [-0.25, -0.2) is 17.8 Å². The summed E-state index contributed by atoms with van der Waals surface area (Å²) in [6.07, 6.45) is 1.94. The van der Waals surface area contributed by atoms with Gasteiger partial charge in [0.25, 0.3) is 0 Å². The minimum atomic E-state index is -3.17. The zero-order chi connectivity index (χ0) is 19.0. The maximum absolute atomic E-state index is 12.9. The maximum Gasteiger partial charge on any atom is 0.191 e. The fourth-order valence-electron chi connectivity index (χ4n) is 2.33. The number of benzene rings is 2. The molecular formula is C19H25FIN3O2S. The first kappa shape index (κ1) is 23.4. The van der Waals surface area contributed by atoms with E-state index in [1.165, 1.54) is 18.4 Å². The molecule has 0 aliphatic heterocycles. The van der Waals surface area contributed by atoms with E-state index in [9.17, 15) is 12.8 Å². The number of sulfone groups is 1. The molecule has 2 aromatic carbocycles. The highest BCUT2D eigenvalue weighted by Gasteiger charge is 2.06. The van der Waals surface area contributed by atoms with Crippen molar-refractivity contribution in [1.29, 1.82) is 0 Å². The van der Waals surface area contributed by atoms with Crippen LogP contribution in [-0.4, -0.2) is 33.7 Å². The van der Waals surface area contributed by atoms with Gasteiger partial charge in [-0.2, -0.15) is 0 Å². The molecule has 0 heterocycles. The Morgan fingerprint density at radius 2 is 1.59 bits per heavy atom. The topological polar surface area (TPSA) is 70.6 Å². The average Bonchev–Trinajstić information content (AvgIpc) is 2.61. The van der Waals surface area contributed by atoms with Crippen molar-refractivity contribution < 1.29 is 12.8 Å². The number of rotatable bonds is 7. The molecule has 0 unspecified atom stereocenters. The van der Waals surface area contributed by atoms with Crippen molar-refractivity contribution in [3.8, 4) is 0 Å². The molecule has 0 atom stereocenters. The Kier molecular flexibility index (Phi) is 9.71. The van der Waals surface area contributed by atoms with E-state index in [2.05, 4.69) is 15.6 Å². The van der Waals surface area contributed by atoms with Gasteiger partial charge < -0.3 is 10.6 Å². The van der Waals surface area contributed by atoms with Crippen LogP contribution >= 0.6 is 24.0 Å². The summed E-state index contributed by atoms with van der Waals surface area (Å²) in [6.45, 7) is 3.84. The molecule has 0 aliphatic rings. The quantitative estimate of drug-likeness (QED) is 0.345. The lowest BCUT2D eigenvalue weighted by Gasteiger charge is -2.11. The average molecular weight is 505 g/mol. The van der Waals surface area contributed by atoms with E-state index in [-0.39, 0.29) is 29.8 Å². The second-order valence-electron chi connectivity index (χ2n) is 5.91. The van der Waals surface area contributed by atoms with Gasteiger partial charge in [0.1, 0.15) is 5.82 Å². The molecule has 148 valence electrons. The molecule has 5 nitrogen and oxygen atoms in total. The van der Waals surface area contributed by atoms with Crippen LogP contribution in [0.15, 0.2) is 58.4 Å². The third-order valence-electron chi connectivity index (χ3n) is 3.73. The van der Waals surface area contributed by atoms with E-state index in [1.54, 1.807) is 24.3 Å². The molecule has 0 saturated carbocycles. The second kappa shape index (κ2) is 11.2. The Labute approximate surface area is 177 Å². The van der Waals surface area contributed by atoms with Crippen LogP contribution in [0.4, 0.5) is 4.39 Å². The Balaban J connectivity index is 0.00000364. The van der Waals surface area contributed by atoms with E-state index in [1.807, 2.05) is 19.1 Å². The summed E-state index contributed by atoms with van der Waals surface area (Å²) >= 11 is 0. The van der Waals surface area contributed by atoms with E-state index in [4.69, 9.17) is 0 Å². The van der Waals surface area contributed by atoms with Crippen LogP contribution < -0.4 is 10.6 Å². The van der Waals surface area contributed by atoms with Crippen molar-refractivity contribution in [2.75, 3.05) is 19.3 Å². The molecule has 27 heavy (non-hydrogen) atoms. The van der Waals surface area contributed by atoms with Crippen LogP contribution in [0.25, 0.3) is 0 Å². The second-order valence-corrected chi connectivity index (χ2v) is 7.93. The molecule has 0 aromatic heterocycles. The van der Waals surface area contributed by atoms with Crippen molar-refractivity contribution in [3.05, 3.63) is 65.5 Å². The van der Waals surface area contributed by atoms with E-state index in [0.717, 1.165) is 24.1 Å². The summed E-state index contributed by atoms with van der Waals surface area (Å²) < 4.78 is 35.9. The third kappa shape index (κ3) is 8.25. The molecule has 0 saturated heterocycles. The van der Waals surface area contributed by atoms with E-state index >= 15 is 0 Å². The van der Waals surface area contributed by atoms with Gasteiger partial charge in [0.2, 0.25) is 0 Å². The highest BCUT2D eigenvalue weighted by atomic mass is 127. The van der Waals surface area contributed by atoms with Crippen LogP contribution in [-0.2, 0) is 22.8 Å². The molecule has 0 amide bonds. The Bertz CT molecular complexity index is 838. The van der Waals surface area contributed by atoms with Crippen molar-refractivity contribution in [1.82, 2.24) is 10.6 Å². The van der Waals surface area contributed by atoms with Crippen molar-refractivity contribution in [2.24, 2.45) is 4.99 Å². The molecule has 0 fully saturated rings. The third-order valence-corrected chi connectivity index (χ3v) is 4.86. The number of hydrogen-bond donors (Lipinski definition) is 2. The number of halogens is 2. The lowest BCUT2D eigenvalue weighted by atomic mass is 10.1. The van der Waals surface area contributed by atoms with Crippen LogP contribution in [0, 0.1) is 5.82 Å². The van der Waals surface area contributed by atoms with Gasteiger partial charge in [-0.1, -0.05) is 24.3 Å². The van der Waals surface area contributed by atoms with Crippen LogP contribution in [0.1, 0.15) is 18.1 Å². The number of nitrogens with zero attached hydrogens (tertiary/aromatic N) is 1. The lowest BCUT2D eigenvalue weighted by Crippen LogP contribution is -2.38. The summed E-state index contributed by atoms with van der Waals surface area (Å²) in [5, 5.41) is 6.41. The van der Waals surface area contributed by atoms with Gasteiger partial charge in [-0.15, -0.1) is 24.0 Å².